The predicted octanol–water partition coefficient (Wildman–Crippen LogP) is 8.95. The molecule has 6 atom stereocenters. The Hall–Kier alpha value is -5.00. The van der Waals surface area contributed by atoms with E-state index in [-0.39, 0.29) is 64.1 Å². The Kier molecular flexibility index (Phi) is 9.32. The number of phosphoric acid groups is 1. The minimum atomic E-state index is -5.29. The molecule has 4 aliphatic carbocycles. The maximum absolute atomic E-state index is 15.6. The van der Waals surface area contributed by atoms with Gasteiger partial charge in [0, 0.05) is 52.0 Å². The van der Waals surface area contributed by atoms with E-state index >= 15 is 4.79 Å². The largest absolute Gasteiger partial charge is 0.524 e. The Bertz CT molecular complexity index is 2610. The van der Waals surface area contributed by atoms with Crippen molar-refractivity contribution in [3.8, 4) is 17.2 Å². The van der Waals surface area contributed by atoms with Crippen LogP contribution in [0.2, 0.25) is 0 Å². The zero-order chi connectivity index (χ0) is 43.8. The van der Waals surface area contributed by atoms with Crippen LogP contribution in [0.5, 0.6) is 17.2 Å². The molecule has 4 bridgehead atoms. The van der Waals surface area contributed by atoms with Crippen molar-refractivity contribution in [1.29, 1.82) is 0 Å². The molecule has 4 heterocycles. The summed E-state index contributed by atoms with van der Waals surface area (Å²) in [5.74, 6) is -2.48. The third-order valence-electron chi connectivity index (χ3n) is 13.6. The third-order valence-corrected chi connectivity index (χ3v) is 14.0. The molecule has 4 fully saturated rings. The van der Waals surface area contributed by atoms with E-state index in [1.807, 2.05) is 60.6 Å². The Labute approximate surface area is 355 Å². The molecular formula is C48H51O12P. The molecule has 10 rings (SSSR count). The highest BCUT2D eigenvalue weighted by molar-refractivity contribution is 7.46. The highest BCUT2D eigenvalue weighted by atomic mass is 31.2. The summed E-state index contributed by atoms with van der Waals surface area (Å²) in [6.07, 6.45) is 11.2. The quantitative estimate of drug-likeness (QED) is 0.101. The summed E-state index contributed by atoms with van der Waals surface area (Å²) in [5, 5.41) is 0. The highest BCUT2D eigenvalue weighted by Crippen LogP contribution is 2.75. The molecule has 6 unspecified atom stereocenters. The van der Waals surface area contributed by atoms with Crippen molar-refractivity contribution in [2.24, 2.45) is 17.8 Å². The molecule has 0 aromatic heterocycles. The SMILES string of the molecule is COC(=O)C(C)=CCC12OC(C)(C)C3CC(C1=O)C1C4=C(OC5=C1C32Oc1c(CC=C(C)C)c2c(c(OP(=O)(O)O)c15)C=CC(C)(CCC=C(C)C)O2)c1ccccc1C4=O. The first-order chi connectivity index (χ1) is 28.7. The van der Waals surface area contributed by atoms with Gasteiger partial charge in [0.1, 0.15) is 34.2 Å². The smallest absolute Gasteiger partial charge is 0.482 e. The number of methoxy groups -OCH3 is 1. The number of ether oxygens (including phenoxy) is 5. The number of carbonyl (C=O) groups excluding carboxylic acids is 3. The second-order valence-corrected chi connectivity index (χ2v) is 19.7. The molecule has 12 nitrogen and oxygen atoms in total. The summed E-state index contributed by atoms with van der Waals surface area (Å²) in [6, 6.07) is 7.11. The van der Waals surface area contributed by atoms with Gasteiger partial charge in [0.15, 0.2) is 28.5 Å². The summed E-state index contributed by atoms with van der Waals surface area (Å²) in [7, 11) is -4.00. The number of phosphoric ester groups is 1. The summed E-state index contributed by atoms with van der Waals surface area (Å²) in [6.45, 7) is 15.4. The van der Waals surface area contributed by atoms with Crippen LogP contribution >= 0.6 is 7.82 Å². The lowest BCUT2D eigenvalue weighted by Gasteiger charge is -2.62. The van der Waals surface area contributed by atoms with Crippen LogP contribution in [0.1, 0.15) is 114 Å². The van der Waals surface area contributed by atoms with Crippen molar-refractivity contribution < 1.29 is 56.9 Å². The van der Waals surface area contributed by atoms with Gasteiger partial charge < -0.3 is 28.2 Å². The Morgan fingerprint density at radius 1 is 0.951 bits per heavy atom. The maximum Gasteiger partial charge on any atom is 0.524 e. The summed E-state index contributed by atoms with van der Waals surface area (Å²) in [4.78, 5) is 64.3. The van der Waals surface area contributed by atoms with E-state index in [1.54, 1.807) is 43.3 Å². The molecule has 0 radical (unpaired) electrons. The van der Waals surface area contributed by atoms with Gasteiger partial charge in [0.25, 0.3) is 0 Å². The van der Waals surface area contributed by atoms with Gasteiger partial charge >= 0.3 is 13.8 Å². The molecular weight excluding hydrogens is 799 g/mol. The normalized spacial score (nSPS) is 29.4. The lowest BCUT2D eigenvalue weighted by atomic mass is 9.45. The standard InChI is InChI=1S/C48H51O12P/c1-24(2)13-12-20-46(8)21-19-30-38(57-46)29(17-16-25(3)4)40-35(41(30)59-61(52,53)54)42-36-33(34-37(49)27-14-10-11-15-28(27)39(34)56-42)31-23-32-45(6,7)60-47(43(31)50,48(32,36)58-40)22-18-26(5)44(51)55-9/h10-11,13-16,18-19,21,31-33H,12,17,20,22-23H2,1-9H3,(H2,52,53,54). The summed E-state index contributed by atoms with van der Waals surface area (Å²) in [5.41, 5.74) is -0.0198. The van der Waals surface area contributed by atoms with Crippen LogP contribution in [0.15, 0.2) is 76.4 Å². The maximum atomic E-state index is 15.6. The van der Waals surface area contributed by atoms with Gasteiger partial charge in [0.2, 0.25) is 0 Å². The monoisotopic (exact) mass is 850 g/mol. The zero-order valence-electron chi connectivity index (χ0n) is 35.9. The minimum Gasteiger partial charge on any atom is -0.482 e. The fourth-order valence-corrected chi connectivity index (χ4v) is 11.5. The van der Waals surface area contributed by atoms with Gasteiger partial charge in [-0.2, -0.15) is 0 Å². The number of benzene rings is 2. The molecule has 8 aliphatic rings. The first kappa shape index (κ1) is 41.4. The van der Waals surface area contributed by atoms with E-state index < -0.39 is 53.9 Å². The molecule has 2 N–H and O–H groups in total. The first-order valence-electron chi connectivity index (χ1n) is 20.8. The highest BCUT2D eigenvalue weighted by Gasteiger charge is 2.84. The van der Waals surface area contributed by atoms with Crippen LogP contribution in [0.25, 0.3) is 17.6 Å². The summed E-state index contributed by atoms with van der Waals surface area (Å²) >= 11 is 0. The average Bonchev–Trinajstić information content (AvgIpc) is 3.55. The Balaban J connectivity index is 1.39. The van der Waals surface area contributed by atoms with E-state index in [1.165, 1.54) is 7.11 Å². The second-order valence-electron chi connectivity index (χ2n) is 18.5. The topological polar surface area (TPSA) is 164 Å². The van der Waals surface area contributed by atoms with Crippen molar-refractivity contribution in [3.05, 3.63) is 104 Å². The molecule has 320 valence electrons. The molecule has 1 spiro atoms. The number of fused-ring (bicyclic) bond motifs is 5. The fourth-order valence-electron chi connectivity index (χ4n) is 11.1. The van der Waals surface area contributed by atoms with Gasteiger partial charge in [-0.05, 0) is 93.2 Å². The number of Topliss-reactive ketones (excluding diaryl/α,β-unsaturated/α-hetero) is 2. The fraction of sp³-hybridized carbons (Fsp3) is 0.438. The molecule has 1 saturated heterocycles. The van der Waals surface area contributed by atoms with Gasteiger partial charge in [-0.3, -0.25) is 19.4 Å². The number of carbonyl (C=O) groups is 3. The number of ketones is 2. The number of rotatable bonds is 10. The van der Waals surface area contributed by atoms with Crippen molar-refractivity contribution in [3.63, 3.8) is 0 Å². The van der Waals surface area contributed by atoms with E-state index in [4.69, 9.17) is 28.2 Å². The summed E-state index contributed by atoms with van der Waals surface area (Å²) < 4.78 is 52.7. The van der Waals surface area contributed by atoms with E-state index in [9.17, 15) is 23.9 Å². The van der Waals surface area contributed by atoms with E-state index in [0.717, 1.165) is 11.1 Å². The van der Waals surface area contributed by atoms with Crippen molar-refractivity contribution in [2.75, 3.05) is 7.11 Å². The number of hydrogen-bond donors (Lipinski definition) is 2. The first-order valence-corrected chi connectivity index (χ1v) is 22.3. The van der Waals surface area contributed by atoms with Gasteiger partial charge in [-0.1, -0.05) is 53.6 Å². The van der Waals surface area contributed by atoms with E-state index in [0.29, 0.717) is 52.8 Å². The van der Waals surface area contributed by atoms with Crippen molar-refractivity contribution in [2.45, 2.75) is 110 Å². The number of allylic oxidation sites excluding steroid dienone is 5. The number of esters is 1. The molecule has 61 heavy (non-hydrogen) atoms. The average molecular weight is 851 g/mol. The van der Waals surface area contributed by atoms with Crippen molar-refractivity contribution in [1.82, 2.24) is 0 Å². The predicted molar refractivity (Wildman–Crippen MR) is 226 cm³/mol. The van der Waals surface area contributed by atoms with Gasteiger partial charge in [0.05, 0.1) is 23.8 Å². The third kappa shape index (κ3) is 5.89. The van der Waals surface area contributed by atoms with Crippen molar-refractivity contribution >= 4 is 43.0 Å². The van der Waals surface area contributed by atoms with Crippen LogP contribution in [-0.2, 0) is 34.8 Å². The molecule has 13 heteroatoms. The molecule has 2 aromatic rings. The molecule has 4 aliphatic heterocycles. The lowest BCUT2D eigenvalue weighted by molar-refractivity contribution is -0.181. The van der Waals surface area contributed by atoms with E-state index in [2.05, 4.69) is 6.08 Å². The minimum absolute atomic E-state index is 0.0795. The zero-order valence-corrected chi connectivity index (χ0v) is 36.8. The van der Waals surface area contributed by atoms with Gasteiger partial charge in [-0.25, -0.2) is 9.36 Å². The van der Waals surface area contributed by atoms with Crippen LogP contribution in [0.4, 0.5) is 0 Å². The second kappa shape index (κ2) is 13.8. The van der Waals surface area contributed by atoms with Crippen LogP contribution in [0.3, 0.4) is 0 Å². The molecule has 0 amide bonds. The van der Waals surface area contributed by atoms with Gasteiger partial charge in [-0.15, -0.1) is 0 Å². The number of hydrogen-bond acceptors (Lipinski definition) is 10. The Morgan fingerprint density at radius 3 is 2.33 bits per heavy atom. The van der Waals surface area contributed by atoms with Crippen LogP contribution in [0, 0.1) is 17.8 Å². The van der Waals surface area contributed by atoms with Crippen LogP contribution in [-0.4, -0.2) is 56.8 Å². The Morgan fingerprint density at radius 2 is 1.66 bits per heavy atom. The molecule has 2 aromatic carbocycles. The lowest BCUT2D eigenvalue weighted by Crippen LogP contribution is -2.75. The molecule has 3 saturated carbocycles. The van der Waals surface area contributed by atoms with Crippen LogP contribution < -0.4 is 14.0 Å².